The molecule has 0 aromatic carbocycles. The van der Waals surface area contributed by atoms with Crippen molar-refractivity contribution >= 4 is 22.8 Å². The molecule has 3 N–H and O–H groups in total. The maximum Gasteiger partial charge on any atom is 0.310 e. The van der Waals surface area contributed by atoms with Gasteiger partial charge in [-0.1, -0.05) is 18.2 Å². The second kappa shape index (κ2) is 5.68. The predicted octanol–water partition coefficient (Wildman–Crippen LogP) is 1.63. The maximum atomic E-state index is 11.5. The lowest BCUT2D eigenvalue weighted by molar-refractivity contribution is -0.148. The minimum atomic E-state index is -0.766. The number of carboxylic acids is 1. The van der Waals surface area contributed by atoms with Gasteiger partial charge in [-0.15, -0.1) is 0 Å². The number of carbonyl (C=O) groups excluding carboxylic acids is 1. The molecule has 1 saturated carbocycles. The Hall–Kier alpha value is -0.550. The van der Waals surface area contributed by atoms with E-state index in [4.69, 9.17) is 5.73 Å². The monoisotopic (exact) mass is 245 g/mol. The van der Waals surface area contributed by atoms with Crippen molar-refractivity contribution in [3.63, 3.8) is 0 Å². The van der Waals surface area contributed by atoms with E-state index in [1.165, 1.54) is 18.7 Å². The molecular formula is C11H19NO3S. The van der Waals surface area contributed by atoms with Gasteiger partial charge in [-0.25, -0.2) is 0 Å². The van der Waals surface area contributed by atoms with Crippen LogP contribution in [0.3, 0.4) is 0 Å². The zero-order valence-corrected chi connectivity index (χ0v) is 10.4. The van der Waals surface area contributed by atoms with Crippen molar-refractivity contribution in [1.82, 2.24) is 0 Å². The van der Waals surface area contributed by atoms with Crippen molar-refractivity contribution < 1.29 is 14.7 Å². The van der Waals surface area contributed by atoms with Crippen LogP contribution in [0.5, 0.6) is 0 Å². The molecule has 0 aromatic heterocycles. The molecule has 92 valence electrons. The van der Waals surface area contributed by atoms with Crippen LogP contribution in [0.25, 0.3) is 0 Å². The van der Waals surface area contributed by atoms with Gasteiger partial charge in [0.25, 0.3) is 0 Å². The Balaban J connectivity index is 2.80. The quantitative estimate of drug-likeness (QED) is 0.769. The lowest BCUT2D eigenvalue weighted by Crippen LogP contribution is -2.37. The highest BCUT2D eigenvalue weighted by molar-refractivity contribution is 8.14. The Labute approximate surface area is 100.0 Å². The molecule has 0 bridgehead atoms. The van der Waals surface area contributed by atoms with Gasteiger partial charge in [0.1, 0.15) is 0 Å². The number of carbonyl (C=O) groups is 2. The number of thioether (sulfide) groups is 1. The molecule has 4 nitrogen and oxygen atoms in total. The Morgan fingerprint density at radius 1 is 1.56 bits per heavy atom. The van der Waals surface area contributed by atoms with Crippen LogP contribution in [-0.4, -0.2) is 28.0 Å². The van der Waals surface area contributed by atoms with Gasteiger partial charge in [0.05, 0.1) is 5.41 Å². The largest absolute Gasteiger partial charge is 0.481 e. The van der Waals surface area contributed by atoms with Crippen LogP contribution in [0.4, 0.5) is 0 Å². The van der Waals surface area contributed by atoms with Crippen LogP contribution in [0.1, 0.15) is 39.0 Å². The van der Waals surface area contributed by atoms with Crippen molar-refractivity contribution in [3.8, 4) is 0 Å². The first-order valence-corrected chi connectivity index (χ1v) is 6.51. The zero-order chi connectivity index (χ0) is 12.2. The number of hydrogen-bond acceptors (Lipinski definition) is 4. The van der Waals surface area contributed by atoms with E-state index in [1.807, 2.05) is 0 Å². The van der Waals surface area contributed by atoms with Gasteiger partial charge in [0, 0.05) is 12.2 Å². The molecule has 0 amide bonds. The summed E-state index contributed by atoms with van der Waals surface area (Å²) in [6.45, 7) is 2.00. The van der Waals surface area contributed by atoms with Crippen molar-refractivity contribution in [2.75, 3.05) is 6.54 Å². The summed E-state index contributed by atoms with van der Waals surface area (Å²) in [4.78, 5) is 22.6. The first-order valence-electron chi connectivity index (χ1n) is 5.63. The molecule has 1 aliphatic carbocycles. The number of rotatable bonds is 5. The summed E-state index contributed by atoms with van der Waals surface area (Å²) in [5, 5.41) is 9.34. The molecular weight excluding hydrogens is 226 g/mol. The minimum absolute atomic E-state index is 0.00488. The number of nitrogens with two attached hydrogens (primary N) is 1. The molecule has 2 atom stereocenters. The summed E-state index contributed by atoms with van der Waals surface area (Å²) in [6, 6.07) is 0. The molecule has 16 heavy (non-hydrogen) atoms. The summed E-state index contributed by atoms with van der Waals surface area (Å²) >= 11 is 1.19. The van der Waals surface area contributed by atoms with E-state index in [0.717, 1.165) is 12.8 Å². The van der Waals surface area contributed by atoms with Gasteiger partial charge in [0.2, 0.25) is 0 Å². The third-order valence-electron chi connectivity index (χ3n) is 3.27. The molecule has 0 saturated heterocycles. The first kappa shape index (κ1) is 13.5. The fourth-order valence-corrected chi connectivity index (χ4v) is 3.71. The van der Waals surface area contributed by atoms with Gasteiger partial charge in [-0.05, 0) is 32.2 Å². The van der Waals surface area contributed by atoms with Crippen LogP contribution >= 0.6 is 11.8 Å². The summed E-state index contributed by atoms with van der Waals surface area (Å²) < 4.78 is 0. The van der Waals surface area contributed by atoms with Crippen molar-refractivity contribution in [3.05, 3.63) is 0 Å². The minimum Gasteiger partial charge on any atom is -0.481 e. The van der Waals surface area contributed by atoms with Crippen molar-refractivity contribution in [2.24, 2.45) is 11.1 Å². The Morgan fingerprint density at radius 2 is 2.25 bits per heavy atom. The Kier molecular flexibility index (Phi) is 4.80. The SMILES string of the molecule is CC(=O)S[C@H]1CCC[C@@]1(CCCN)C(=O)O. The first-order chi connectivity index (χ1) is 7.53. The van der Waals surface area contributed by atoms with Gasteiger partial charge in [-0.3, -0.25) is 9.59 Å². The molecule has 1 fully saturated rings. The topological polar surface area (TPSA) is 80.4 Å². The molecule has 0 aliphatic heterocycles. The molecule has 0 unspecified atom stereocenters. The van der Waals surface area contributed by atoms with Gasteiger partial charge in [-0.2, -0.15) is 0 Å². The molecule has 0 radical (unpaired) electrons. The van der Waals surface area contributed by atoms with E-state index >= 15 is 0 Å². The van der Waals surface area contributed by atoms with Crippen molar-refractivity contribution in [1.29, 1.82) is 0 Å². The smallest absolute Gasteiger partial charge is 0.310 e. The third kappa shape index (κ3) is 2.77. The highest BCUT2D eigenvalue weighted by Crippen LogP contribution is 2.48. The summed E-state index contributed by atoms with van der Waals surface area (Å²) in [6.07, 6.45) is 3.68. The fraction of sp³-hybridized carbons (Fsp3) is 0.818. The van der Waals surface area contributed by atoms with E-state index in [1.54, 1.807) is 0 Å². The average molecular weight is 245 g/mol. The highest BCUT2D eigenvalue weighted by Gasteiger charge is 2.49. The van der Waals surface area contributed by atoms with Crippen LogP contribution in [0.15, 0.2) is 0 Å². The van der Waals surface area contributed by atoms with E-state index < -0.39 is 11.4 Å². The molecule has 0 spiro atoms. The van der Waals surface area contributed by atoms with E-state index in [9.17, 15) is 14.7 Å². The Bertz CT molecular complexity index is 282. The summed E-state index contributed by atoms with van der Waals surface area (Å²) in [7, 11) is 0. The predicted molar refractivity (Wildman–Crippen MR) is 64.3 cm³/mol. The van der Waals surface area contributed by atoms with E-state index in [0.29, 0.717) is 25.8 Å². The maximum absolute atomic E-state index is 11.5. The number of aliphatic carboxylic acids is 1. The normalized spacial score (nSPS) is 29.2. The summed E-state index contributed by atoms with van der Waals surface area (Å²) in [5.74, 6) is -0.766. The lowest BCUT2D eigenvalue weighted by Gasteiger charge is -2.30. The molecule has 5 heteroatoms. The van der Waals surface area contributed by atoms with Gasteiger partial charge < -0.3 is 10.8 Å². The zero-order valence-electron chi connectivity index (χ0n) is 9.57. The summed E-state index contributed by atoms with van der Waals surface area (Å²) in [5.41, 5.74) is 4.72. The number of hydrogen-bond donors (Lipinski definition) is 2. The van der Waals surface area contributed by atoms with Crippen LogP contribution in [-0.2, 0) is 9.59 Å². The molecule has 1 aliphatic rings. The van der Waals surface area contributed by atoms with Crippen molar-refractivity contribution in [2.45, 2.75) is 44.3 Å². The fourth-order valence-electron chi connectivity index (χ4n) is 2.47. The molecule has 1 rings (SSSR count). The third-order valence-corrected chi connectivity index (χ3v) is 4.57. The molecule has 0 heterocycles. The van der Waals surface area contributed by atoms with E-state index in [2.05, 4.69) is 0 Å². The standard InChI is InChI=1S/C11H19NO3S/c1-8(13)16-9-4-2-5-11(9,10(14)15)6-3-7-12/h9H,2-7,12H2,1H3,(H,14,15)/t9-,11-/m0/s1. The van der Waals surface area contributed by atoms with Crippen LogP contribution < -0.4 is 5.73 Å². The second-order valence-corrected chi connectivity index (χ2v) is 5.72. The van der Waals surface area contributed by atoms with Gasteiger partial charge in [0.15, 0.2) is 5.12 Å². The Morgan fingerprint density at radius 3 is 2.75 bits per heavy atom. The van der Waals surface area contributed by atoms with Gasteiger partial charge >= 0.3 is 5.97 Å². The van der Waals surface area contributed by atoms with Crippen LogP contribution in [0, 0.1) is 5.41 Å². The second-order valence-electron chi connectivity index (χ2n) is 4.34. The molecule has 0 aromatic rings. The average Bonchev–Trinajstić information content (AvgIpc) is 2.58. The van der Waals surface area contributed by atoms with Crippen LogP contribution in [0.2, 0.25) is 0 Å². The van der Waals surface area contributed by atoms with E-state index in [-0.39, 0.29) is 10.4 Å². The number of carboxylic acid groups (broad SMARTS) is 1. The highest BCUT2D eigenvalue weighted by atomic mass is 32.2. The lowest BCUT2D eigenvalue weighted by atomic mass is 9.81.